The summed E-state index contributed by atoms with van der Waals surface area (Å²) in [6, 6.07) is 1.08. The van der Waals surface area contributed by atoms with Gasteiger partial charge in [-0.25, -0.2) is 18.4 Å². The molecule has 0 spiro atoms. The molecule has 26 heavy (non-hydrogen) atoms. The van der Waals surface area contributed by atoms with Crippen LogP contribution in [-0.4, -0.2) is 29.4 Å². The van der Waals surface area contributed by atoms with Crippen LogP contribution in [0.2, 0.25) is 0 Å². The van der Waals surface area contributed by atoms with Crippen molar-refractivity contribution in [1.82, 2.24) is 4.74 Å². The van der Waals surface area contributed by atoms with Crippen LogP contribution in [0, 0.1) is 18.6 Å². The van der Waals surface area contributed by atoms with E-state index in [1.165, 1.54) is 6.92 Å². The Bertz CT molecular complexity index is 901. The van der Waals surface area contributed by atoms with Gasteiger partial charge < -0.3 is 9.26 Å². The molecule has 1 aromatic carbocycles. The van der Waals surface area contributed by atoms with E-state index in [-0.39, 0.29) is 18.1 Å². The third kappa shape index (κ3) is 3.51. The first-order chi connectivity index (χ1) is 12.2. The van der Waals surface area contributed by atoms with Crippen LogP contribution in [-0.2, 0) is 4.74 Å². The molecule has 0 radical (unpaired) electrons. The van der Waals surface area contributed by atoms with Crippen molar-refractivity contribution < 1.29 is 27.6 Å². The summed E-state index contributed by atoms with van der Waals surface area (Å²) in [5.41, 5.74) is -1.66. The second kappa shape index (κ2) is 7.51. The van der Waals surface area contributed by atoms with Crippen molar-refractivity contribution in [2.75, 3.05) is 11.5 Å². The first kappa shape index (κ1) is 19.4. The normalized spacial score (nSPS) is 10.9. The van der Waals surface area contributed by atoms with Gasteiger partial charge in [-0.2, -0.15) is 0 Å². The summed E-state index contributed by atoms with van der Waals surface area (Å²) in [5, 5.41) is 0. The Morgan fingerprint density at radius 3 is 2.50 bits per heavy atom. The van der Waals surface area contributed by atoms with E-state index in [1.807, 2.05) is 0 Å². The maximum atomic E-state index is 14.1. The molecule has 1 aromatic heterocycles. The minimum atomic E-state index is -1.02. The molecule has 0 bridgehead atoms. The van der Waals surface area contributed by atoms with Gasteiger partial charge in [0.25, 0.3) is 0 Å². The molecule has 1 heterocycles. The van der Waals surface area contributed by atoms with Gasteiger partial charge in [-0.15, -0.1) is 0 Å². The number of amides is 1. The number of ether oxygens (including phenoxy) is 1. The molecule has 9 heteroatoms. The molecule has 0 aliphatic carbocycles. The molecular formula is C17H18F2N2O5. The van der Waals surface area contributed by atoms with Gasteiger partial charge in [0.05, 0.1) is 12.3 Å². The van der Waals surface area contributed by atoms with Crippen LogP contribution >= 0.6 is 0 Å². The van der Waals surface area contributed by atoms with Gasteiger partial charge in [-0.05, 0) is 39.8 Å². The number of aromatic nitrogens is 1. The third-order valence-electron chi connectivity index (χ3n) is 3.52. The number of anilines is 1. The minimum absolute atomic E-state index is 0.0374. The molecule has 0 unspecified atom stereocenters. The van der Waals surface area contributed by atoms with Crippen molar-refractivity contribution >= 4 is 17.7 Å². The monoisotopic (exact) mass is 368 g/mol. The van der Waals surface area contributed by atoms with Crippen LogP contribution in [0.1, 0.15) is 36.9 Å². The lowest BCUT2D eigenvalue weighted by molar-refractivity contribution is 0.0523. The topological polar surface area (TPSA) is 81.8 Å². The second-order valence-electron chi connectivity index (χ2n) is 5.68. The van der Waals surface area contributed by atoms with Gasteiger partial charge >= 0.3 is 17.6 Å². The number of benzene rings is 1. The number of aryl methyl sites for hydroxylation is 1. The Balaban J connectivity index is 2.53. The highest BCUT2D eigenvalue weighted by molar-refractivity contribution is 5.95. The van der Waals surface area contributed by atoms with E-state index >= 15 is 0 Å². The highest BCUT2D eigenvalue weighted by Crippen LogP contribution is 2.23. The molecule has 2 rings (SSSR count). The number of carbonyl (C=O) groups excluding carboxylic acids is 2. The minimum Gasteiger partial charge on any atom is -0.462 e. The Labute approximate surface area is 147 Å². The maximum Gasteiger partial charge on any atom is 0.365 e. The summed E-state index contributed by atoms with van der Waals surface area (Å²) in [6.07, 6.45) is 0. The summed E-state index contributed by atoms with van der Waals surface area (Å²) in [5.74, 6) is -2.81. The average Bonchev–Trinajstić information content (AvgIpc) is 2.84. The maximum absolute atomic E-state index is 14.1. The van der Waals surface area contributed by atoms with Crippen molar-refractivity contribution in [3.05, 3.63) is 51.5 Å². The van der Waals surface area contributed by atoms with E-state index in [0.717, 1.165) is 17.0 Å². The van der Waals surface area contributed by atoms with Gasteiger partial charge in [0.15, 0.2) is 11.3 Å². The van der Waals surface area contributed by atoms with Crippen LogP contribution in [0.3, 0.4) is 0 Å². The van der Waals surface area contributed by atoms with E-state index in [2.05, 4.69) is 0 Å². The fourth-order valence-corrected chi connectivity index (χ4v) is 2.41. The summed E-state index contributed by atoms with van der Waals surface area (Å²) in [6.45, 7) is 6.09. The molecule has 7 nitrogen and oxygen atoms in total. The molecular weight excluding hydrogens is 350 g/mol. The van der Waals surface area contributed by atoms with Crippen LogP contribution in [0.15, 0.2) is 27.5 Å². The molecule has 1 amide bonds. The predicted octanol–water partition coefficient (Wildman–Crippen LogP) is 3.09. The quantitative estimate of drug-likeness (QED) is 0.775. The molecule has 0 fully saturated rings. The summed E-state index contributed by atoms with van der Waals surface area (Å²) in [4.78, 5) is 38.0. The van der Waals surface area contributed by atoms with E-state index in [4.69, 9.17) is 9.26 Å². The Kier molecular flexibility index (Phi) is 5.59. The number of carbonyl (C=O) groups is 2. The molecule has 0 atom stereocenters. The van der Waals surface area contributed by atoms with E-state index in [0.29, 0.717) is 10.8 Å². The molecule has 0 aliphatic heterocycles. The van der Waals surface area contributed by atoms with Crippen LogP contribution in [0.25, 0.3) is 0 Å². The Morgan fingerprint density at radius 2 is 1.96 bits per heavy atom. The first-order valence-electron chi connectivity index (χ1n) is 7.87. The Hall–Kier alpha value is -2.97. The lowest BCUT2D eigenvalue weighted by Gasteiger charge is -2.26. The van der Waals surface area contributed by atoms with E-state index < -0.39 is 40.8 Å². The van der Waals surface area contributed by atoms with Crippen molar-refractivity contribution in [1.29, 1.82) is 0 Å². The molecule has 140 valence electrons. The molecule has 0 saturated carbocycles. The summed E-state index contributed by atoms with van der Waals surface area (Å²) >= 11 is 0. The standard InChI is InChI=1S/C17H18F2N2O5/c1-5-25-16(23)14-10(4)26-21(15(14)22)17(24)20(9(2)3)13-7-6-11(18)8-12(13)19/h6-9H,5H2,1-4H3. The van der Waals surface area contributed by atoms with Crippen LogP contribution < -0.4 is 10.5 Å². The fraction of sp³-hybridized carbons (Fsp3) is 0.353. The number of hydrogen-bond acceptors (Lipinski definition) is 5. The smallest absolute Gasteiger partial charge is 0.365 e. The molecule has 2 aromatic rings. The van der Waals surface area contributed by atoms with Crippen molar-refractivity contribution in [3.63, 3.8) is 0 Å². The lowest BCUT2D eigenvalue weighted by Crippen LogP contribution is -2.43. The third-order valence-corrected chi connectivity index (χ3v) is 3.52. The van der Waals surface area contributed by atoms with Crippen molar-refractivity contribution in [3.8, 4) is 0 Å². The predicted molar refractivity (Wildman–Crippen MR) is 88.4 cm³/mol. The number of halogens is 2. The molecule has 0 aliphatic rings. The number of nitrogens with zero attached hydrogens (tertiary/aromatic N) is 2. The van der Waals surface area contributed by atoms with Crippen molar-refractivity contribution in [2.24, 2.45) is 0 Å². The van der Waals surface area contributed by atoms with Gasteiger partial charge in [0.1, 0.15) is 11.6 Å². The van der Waals surface area contributed by atoms with Gasteiger partial charge in [0.2, 0.25) is 0 Å². The van der Waals surface area contributed by atoms with Gasteiger partial charge in [-0.1, -0.05) is 4.74 Å². The van der Waals surface area contributed by atoms with Crippen molar-refractivity contribution in [2.45, 2.75) is 33.7 Å². The van der Waals surface area contributed by atoms with Crippen LogP contribution in [0.4, 0.5) is 19.3 Å². The summed E-state index contributed by atoms with van der Waals surface area (Å²) in [7, 11) is 0. The SMILES string of the molecule is CCOC(=O)c1c(C)on(C(=O)N(c2ccc(F)cc2F)C(C)C)c1=O. The Morgan fingerprint density at radius 1 is 1.31 bits per heavy atom. The number of hydrogen-bond donors (Lipinski definition) is 0. The van der Waals surface area contributed by atoms with E-state index in [1.54, 1.807) is 20.8 Å². The summed E-state index contributed by atoms with van der Waals surface area (Å²) < 4.78 is 37.5. The highest BCUT2D eigenvalue weighted by atomic mass is 19.1. The highest BCUT2D eigenvalue weighted by Gasteiger charge is 2.31. The van der Waals surface area contributed by atoms with Gasteiger partial charge in [-0.3, -0.25) is 9.69 Å². The zero-order valence-corrected chi connectivity index (χ0v) is 14.7. The largest absolute Gasteiger partial charge is 0.462 e. The fourth-order valence-electron chi connectivity index (χ4n) is 2.41. The first-order valence-corrected chi connectivity index (χ1v) is 7.87. The van der Waals surface area contributed by atoms with E-state index in [9.17, 15) is 23.2 Å². The second-order valence-corrected chi connectivity index (χ2v) is 5.68. The molecule has 0 saturated heterocycles. The zero-order chi connectivity index (χ0) is 19.6. The number of esters is 1. The van der Waals surface area contributed by atoms with Gasteiger partial charge in [0, 0.05) is 12.1 Å². The van der Waals surface area contributed by atoms with Crippen LogP contribution in [0.5, 0.6) is 0 Å². The average molecular weight is 368 g/mol. The zero-order valence-electron chi connectivity index (χ0n) is 14.7. The molecule has 0 N–H and O–H groups in total. The number of rotatable bonds is 4. The lowest BCUT2D eigenvalue weighted by atomic mass is 10.2.